The standard InChI is InChI=1S/C22H35ClO8/c23-20-21(26)30-15-11-7-3-1-5-9-13-28-18(24)17-19(25)29-14-10-6-2-4-8-12-16-31-22(20)27/h20H,1-17H2. The average Bonchev–Trinajstić information content (AvgIpc) is 2.74. The van der Waals surface area contributed by atoms with Crippen molar-refractivity contribution in [3.63, 3.8) is 0 Å². The monoisotopic (exact) mass is 462 g/mol. The molecule has 0 saturated carbocycles. The van der Waals surface area contributed by atoms with Crippen molar-refractivity contribution in [2.24, 2.45) is 0 Å². The van der Waals surface area contributed by atoms with Gasteiger partial charge >= 0.3 is 23.9 Å². The zero-order valence-corrected chi connectivity index (χ0v) is 19.0. The fourth-order valence-corrected chi connectivity index (χ4v) is 3.13. The highest BCUT2D eigenvalue weighted by atomic mass is 35.5. The molecule has 1 rings (SSSR count). The first-order valence-electron chi connectivity index (χ1n) is 11.3. The highest BCUT2D eigenvalue weighted by Crippen LogP contribution is 2.10. The second-order valence-electron chi connectivity index (χ2n) is 7.56. The fraction of sp³-hybridized carbons (Fsp3) is 0.818. The van der Waals surface area contributed by atoms with E-state index in [2.05, 4.69) is 0 Å². The van der Waals surface area contributed by atoms with Gasteiger partial charge in [0.05, 0.1) is 26.4 Å². The molecule has 178 valence electrons. The highest BCUT2D eigenvalue weighted by Gasteiger charge is 2.27. The van der Waals surface area contributed by atoms with Gasteiger partial charge in [-0.1, -0.05) is 63.0 Å². The van der Waals surface area contributed by atoms with Gasteiger partial charge in [-0.25, -0.2) is 9.59 Å². The zero-order chi connectivity index (χ0) is 22.7. The van der Waals surface area contributed by atoms with Crippen molar-refractivity contribution < 1.29 is 38.1 Å². The lowest BCUT2D eigenvalue weighted by molar-refractivity contribution is -0.156. The minimum absolute atomic E-state index is 0.211. The van der Waals surface area contributed by atoms with E-state index in [-0.39, 0.29) is 32.8 Å². The van der Waals surface area contributed by atoms with Gasteiger partial charge in [-0.15, -0.1) is 0 Å². The van der Waals surface area contributed by atoms with Gasteiger partial charge in [0, 0.05) is 0 Å². The van der Waals surface area contributed by atoms with Crippen LogP contribution >= 0.6 is 11.6 Å². The van der Waals surface area contributed by atoms with E-state index in [9.17, 15) is 19.2 Å². The molecule has 1 fully saturated rings. The molecule has 0 aliphatic carbocycles. The quantitative estimate of drug-likeness (QED) is 0.231. The van der Waals surface area contributed by atoms with Gasteiger partial charge < -0.3 is 18.9 Å². The lowest BCUT2D eigenvalue weighted by atomic mass is 10.1. The van der Waals surface area contributed by atoms with E-state index in [1.54, 1.807) is 0 Å². The molecule has 0 aromatic heterocycles. The molecule has 31 heavy (non-hydrogen) atoms. The maximum absolute atomic E-state index is 11.8. The lowest BCUT2D eigenvalue weighted by Crippen LogP contribution is -2.29. The molecule has 8 nitrogen and oxygen atoms in total. The average molecular weight is 463 g/mol. The second-order valence-corrected chi connectivity index (χ2v) is 7.99. The Balaban J connectivity index is 2.34. The van der Waals surface area contributed by atoms with Crippen molar-refractivity contribution in [1.82, 2.24) is 0 Å². The second kappa shape index (κ2) is 17.8. The van der Waals surface area contributed by atoms with Gasteiger partial charge in [-0.2, -0.15) is 0 Å². The number of carbonyl (C=O) groups excluding carboxylic acids is 4. The normalized spacial score (nSPS) is 22.0. The summed E-state index contributed by atoms with van der Waals surface area (Å²) in [4.78, 5) is 46.8. The Morgan fingerprint density at radius 2 is 0.774 bits per heavy atom. The summed E-state index contributed by atoms with van der Waals surface area (Å²) in [6.45, 7) is 1.000. The predicted octanol–water partition coefficient (Wildman–Crippen LogP) is 3.85. The minimum atomic E-state index is -1.43. The van der Waals surface area contributed by atoms with Gasteiger partial charge in [-0.3, -0.25) is 9.59 Å². The number of hydrogen-bond donors (Lipinski definition) is 0. The Hall–Kier alpha value is -1.83. The molecular weight excluding hydrogens is 428 g/mol. The predicted molar refractivity (Wildman–Crippen MR) is 113 cm³/mol. The Morgan fingerprint density at radius 3 is 1.13 bits per heavy atom. The molecule has 0 spiro atoms. The lowest BCUT2D eigenvalue weighted by Gasteiger charge is -2.10. The molecule has 1 aliphatic heterocycles. The molecule has 0 aromatic rings. The highest BCUT2D eigenvalue weighted by molar-refractivity contribution is 6.39. The van der Waals surface area contributed by atoms with Gasteiger partial charge in [-0.05, 0) is 25.7 Å². The number of alkyl halides is 1. The largest absolute Gasteiger partial charge is 0.465 e. The molecule has 1 aliphatic rings. The minimum Gasteiger partial charge on any atom is -0.465 e. The van der Waals surface area contributed by atoms with Crippen LogP contribution < -0.4 is 0 Å². The van der Waals surface area contributed by atoms with Crippen LogP contribution in [0.1, 0.15) is 83.5 Å². The molecule has 1 saturated heterocycles. The van der Waals surface area contributed by atoms with Crippen LogP contribution in [0, 0.1) is 0 Å². The smallest absolute Gasteiger partial charge is 0.335 e. The third-order valence-electron chi connectivity index (χ3n) is 4.79. The zero-order valence-electron chi connectivity index (χ0n) is 18.2. The molecule has 9 heteroatoms. The maximum atomic E-state index is 11.8. The molecular formula is C22H35ClO8. The number of hydrogen-bond acceptors (Lipinski definition) is 8. The third-order valence-corrected chi connectivity index (χ3v) is 5.15. The molecule has 0 N–H and O–H groups in total. The van der Waals surface area contributed by atoms with Crippen molar-refractivity contribution in [1.29, 1.82) is 0 Å². The summed E-state index contributed by atoms with van der Waals surface area (Å²) in [5.74, 6) is -2.63. The van der Waals surface area contributed by atoms with E-state index in [0.717, 1.165) is 64.2 Å². The van der Waals surface area contributed by atoms with Crippen LogP contribution in [0.4, 0.5) is 0 Å². The Bertz CT molecular complexity index is 506. The first-order valence-corrected chi connectivity index (χ1v) is 11.7. The van der Waals surface area contributed by atoms with E-state index in [1.807, 2.05) is 0 Å². The van der Waals surface area contributed by atoms with Crippen LogP contribution in [0.15, 0.2) is 0 Å². The summed E-state index contributed by atoms with van der Waals surface area (Å²) in [7, 11) is 0. The van der Waals surface area contributed by atoms with Crippen molar-refractivity contribution in [2.45, 2.75) is 88.8 Å². The molecule has 0 amide bonds. The molecule has 0 unspecified atom stereocenters. The van der Waals surface area contributed by atoms with Crippen LogP contribution in [-0.2, 0) is 38.1 Å². The van der Waals surface area contributed by atoms with Crippen LogP contribution in [0.25, 0.3) is 0 Å². The number of cyclic esters (lactones) is 4. The van der Waals surface area contributed by atoms with Crippen molar-refractivity contribution in [3.8, 4) is 0 Å². The van der Waals surface area contributed by atoms with E-state index in [4.69, 9.17) is 30.5 Å². The van der Waals surface area contributed by atoms with Crippen molar-refractivity contribution in [3.05, 3.63) is 0 Å². The van der Waals surface area contributed by atoms with E-state index in [1.165, 1.54) is 0 Å². The summed E-state index contributed by atoms with van der Waals surface area (Å²) in [6, 6.07) is 0. The van der Waals surface area contributed by atoms with Crippen molar-refractivity contribution >= 4 is 35.5 Å². The Morgan fingerprint density at radius 1 is 0.484 bits per heavy atom. The summed E-state index contributed by atoms with van der Waals surface area (Å²) < 4.78 is 20.2. The van der Waals surface area contributed by atoms with Gasteiger partial charge in [0.25, 0.3) is 0 Å². The SMILES string of the molecule is O=C1CC(=O)OCCCCCCCCOC(=O)C(Cl)C(=O)OCCCCCCCCO1. The Labute approximate surface area is 189 Å². The van der Waals surface area contributed by atoms with Crippen LogP contribution in [0.3, 0.4) is 0 Å². The number of halogens is 1. The van der Waals surface area contributed by atoms with Gasteiger partial charge in [0.15, 0.2) is 0 Å². The van der Waals surface area contributed by atoms with Crippen LogP contribution in [0.5, 0.6) is 0 Å². The van der Waals surface area contributed by atoms with Crippen LogP contribution in [0.2, 0.25) is 0 Å². The third kappa shape index (κ3) is 14.7. The molecule has 1 heterocycles. The first-order chi connectivity index (χ1) is 15.0. The number of esters is 4. The van der Waals surface area contributed by atoms with Crippen molar-refractivity contribution in [2.75, 3.05) is 26.4 Å². The topological polar surface area (TPSA) is 105 Å². The first kappa shape index (κ1) is 27.2. The summed E-state index contributed by atoms with van der Waals surface area (Å²) in [6.07, 6.45) is 9.82. The summed E-state index contributed by atoms with van der Waals surface area (Å²) in [5.41, 5.74) is 0. The number of carbonyl (C=O) groups is 4. The van der Waals surface area contributed by atoms with Gasteiger partial charge in [0.2, 0.25) is 5.38 Å². The number of ether oxygens (including phenoxy) is 4. The fourth-order valence-electron chi connectivity index (χ4n) is 3.00. The number of rotatable bonds is 0. The molecule has 0 bridgehead atoms. The van der Waals surface area contributed by atoms with E-state index in [0.29, 0.717) is 12.8 Å². The summed E-state index contributed by atoms with van der Waals surface area (Å²) >= 11 is 5.82. The molecule has 0 atom stereocenters. The molecule has 0 aromatic carbocycles. The van der Waals surface area contributed by atoms with Gasteiger partial charge in [0.1, 0.15) is 6.42 Å². The summed E-state index contributed by atoms with van der Waals surface area (Å²) in [5, 5.41) is -1.43. The van der Waals surface area contributed by atoms with Crippen LogP contribution in [-0.4, -0.2) is 55.7 Å². The van der Waals surface area contributed by atoms with E-state index < -0.39 is 29.3 Å². The molecule has 0 radical (unpaired) electrons. The van der Waals surface area contributed by atoms with E-state index >= 15 is 0 Å². The Kier molecular flexibility index (Phi) is 15.6. The maximum Gasteiger partial charge on any atom is 0.335 e.